The normalized spacial score (nSPS) is 20.1. The lowest BCUT2D eigenvalue weighted by Crippen LogP contribution is -2.26. The molecular formula is C13H19N3O. The summed E-state index contributed by atoms with van der Waals surface area (Å²) in [6.07, 6.45) is 0.555. The molecule has 1 amide bonds. The third-order valence-corrected chi connectivity index (χ3v) is 3.41. The van der Waals surface area contributed by atoms with Crippen molar-refractivity contribution in [2.75, 3.05) is 23.7 Å². The second kappa shape index (κ2) is 4.37. The average molecular weight is 233 g/mol. The van der Waals surface area contributed by atoms with Crippen molar-refractivity contribution in [1.29, 1.82) is 0 Å². The molecule has 1 aliphatic rings. The van der Waals surface area contributed by atoms with Crippen LogP contribution in [0.1, 0.15) is 17.5 Å². The van der Waals surface area contributed by atoms with E-state index in [9.17, 15) is 4.79 Å². The van der Waals surface area contributed by atoms with Gasteiger partial charge in [0.25, 0.3) is 0 Å². The van der Waals surface area contributed by atoms with Crippen LogP contribution in [-0.4, -0.2) is 19.0 Å². The van der Waals surface area contributed by atoms with E-state index in [2.05, 4.69) is 0 Å². The Morgan fingerprint density at radius 2 is 2.06 bits per heavy atom. The smallest absolute Gasteiger partial charge is 0.227 e. The van der Waals surface area contributed by atoms with E-state index in [1.54, 1.807) is 0 Å². The number of nitrogen functional groups attached to an aromatic ring is 1. The van der Waals surface area contributed by atoms with Crippen molar-refractivity contribution in [3.05, 3.63) is 23.3 Å². The van der Waals surface area contributed by atoms with Crippen LogP contribution in [0.5, 0.6) is 0 Å². The zero-order valence-electron chi connectivity index (χ0n) is 10.4. The maximum Gasteiger partial charge on any atom is 0.227 e. The van der Waals surface area contributed by atoms with Crippen molar-refractivity contribution >= 4 is 17.3 Å². The van der Waals surface area contributed by atoms with E-state index in [-0.39, 0.29) is 11.8 Å². The minimum absolute atomic E-state index is 0.160. The van der Waals surface area contributed by atoms with Gasteiger partial charge in [-0.2, -0.15) is 0 Å². The van der Waals surface area contributed by atoms with Gasteiger partial charge in [-0.25, -0.2) is 0 Å². The number of anilines is 2. The number of nitrogens with two attached hydrogens (primary N) is 2. The number of hydrogen-bond donors (Lipinski definition) is 2. The Hall–Kier alpha value is -1.55. The Balaban J connectivity index is 2.35. The van der Waals surface area contributed by atoms with Crippen LogP contribution in [0.2, 0.25) is 0 Å². The van der Waals surface area contributed by atoms with Crippen molar-refractivity contribution < 1.29 is 4.79 Å². The van der Waals surface area contributed by atoms with Gasteiger partial charge in [-0.05, 0) is 49.6 Å². The molecule has 1 aromatic carbocycles. The highest BCUT2D eigenvalue weighted by Gasteiger charge is 2.30. The predicted octanol–water partition coefficient (Wildman–Crippen LogP) is 1.20. The lowest BCUT2D eigenvalue weighted by molar-refractivity contribution is -0.117. The van der Waals surface area contributed by atoms with E-state index in [1.165, 1.54) is 0 Å². The molecule has 2 rings (SSSR count). The molecule has 0 aromatic heterocycles. The first-order valence-electron chi connectivity index (χ1n) is 5.90. The Morgan fingerprint density at radius 1 is 1.35 bits per heavy atom. The van der Waals surface area contributed by atoms with E-state index in [0.717, 1.165) is 29.0 Å². The summed E-state index contributed by atoms with van der Waals surface area (Å²) >= 11 is 0. The summed E-state index contributed by atoms with van der Waals surface area (Å²) in [5.74, 6) is 0.437. The van der Waals surface area contributed by atoms with Crippen molar-refractivity contribution in [2.45, 2.75) is 20.3 Å². The highest BCUT2D eigenvalue weighted by molar-refractivity contribution is 5.96. The molecule has 92 valence electrons. The van der Waals surface area contributed by atoms with Gasteiger partial charge >= 0.3 is 0 Å². The van der Waals surface area contributed by atoms with Gasteiger partial charge in [0.2, 0.25) is 5.91 Å². The number of benzene rings is 1. The Labute approximate surface area is 102 Å². The van der Waals surface area contributed by atoms with Gasteiger partial charge in [-0.15, -0.1) is 0 Å². The van der Waals surface area contributed by atoms with Crippen molar-refractivity contribution in [3.8, 4) is 0 Å². The molecule has 0 bridgehead atoms. The minimum Gasteiger partial charge on any atom is -0.399 e. The number of rotatable bonds is 2. The molecule has 4 heteroatoms. The Morgan fingerprint density at radius 3 is 2.65 bits per heavy atom. The third-order valence-electron chi connectivity index (χ3n) is 3.41. The Bertz CT molecular complexity index is 456. The topological polar surface area (TPSA) is 72.3 Å². The summed E-state index contributed by atoms with van der Waals surface area (Å²) in [6, 6.07) is 3.91. The fourth-order valence-corrected chi connectivity index (χ4v) is 2.29. The first-order valence-corrected chi connectivity index (χ1v) is 5.90. The van der Waals surface area contributed by atoms with Crippen LogP contribution in [0, 0.1) is 19.8 Å². The number of hydrogen-bond acceptors (Lipinski definition) is 3. The SMILES string of the molecule is Cc1cc(N2CC(CN)CC2=O)c(C)cc1N. The third kappa shape index (κ3) is 2.13. The molecule has 1 unspecified atom stereocenters. The first kappa shape index (κ1) is 11.9. The largest absolute Gasteiger partial charge is 0.399 e. The maximum absolute atomic E-state index is 11.9. The fraction of sp³-hybridized carbons (Fsp3) is 0.462. The summed E-state index contributed by atoms with van der Waals surface area (Å²) in [5, 5.41) is 0. The number of nitrogens with zero attached hydrogens (tertiary/aromatic N) is 1. The lowest BCUT2D eigenvalue weighted by atomic mass is 10.1. The molecule has 0 saturated carbocycles. The molecule has 4 N–H and O–H groups in total. The molecule has 1 saturated heterocycles. The minimum atomic E-state index is 0.160. The van der Waals surface area contributed by atoms with E-state index in [4.69, 9.17) is 11.5 Å². The van der Waals surface area contributed by atoms with Crippen LogP contribution in [0.25, 0.3) is 0 Å². The van der Waals surface area contributed by atoms with Gasteiger partial charge in [-0.3, -0.25) is 4.79 Å². The fourth-order valence-electron chi connectivity index (χ4n) is 2.29. The standard InChI is InChI=1S/C13H19N3O/c1-8-4-12(9(2)3-11(8)15)16-7-10(6-14)5-13(16)17/h3-4,10H,5-7,14-15H2,1-2H3. The average Bonchev–Trinajstić information content (AvgIpc) is 2.65. The van der Waals surface area contributed by atoms with Gasteiger partial charge < -0.3 is 16.4 Å². The zero-order valence-corrected chi connectivity index (χ0v) is 10.4. The molecule has 1 aromatic rings. The number of aryl methyl sites for hydroxylation is 2. The number of amides is 1. The van der Waals surface area contributed by atoms with Gasteiger partial charge in [0.15, 0.2) is 0 Å². The second-order valence-electron chi connectivity index (χ2n) is 4.81. The highest BCUT2D eigenvalue weighted by atomic mass is 16.2. The summed E-state index contributed by atoms with van der Waals surface area (Å²) in [5.41, 5.74) is 15.3. The summed E-state index contributed by atoms with van der Waals surface area (Å²) < 4.78 is 0. The van der Waals surface area contributed by atoms with Crippen molar-refractivity contribution in [2.24, 2.45) is 11.7 Å². The molecule has 1 atom stereocenters. The summed E-state index contributed by atoms with van der Waals surface area (Å²) in [6.45, 7) is 5.22. The molecular weight excluding hydrogens is 214 g/mol. The van der Waals surface area contributed by atoms with Crippen LogP contribution in [0.15, 0.2) is 12.1 Å². The predicted molar refractivity (Wildman–Crippen MR) is 69.8 cm³/mol. The summed E-state index contributed by atoms with van der Waals surface area (Å²) in [4.78, 5) is 13.8. The zero-order chi connectivity index (χ0) is 12.6. The number of carbonyl (C=O) groups excluding carboxylic acids is 1. The van der Waals surface area contributed by atoms with Gasteiger partial charge in [0.05, 0.1) is 0 Å². The van der Waals surface area contributed by atoms with Crippen LogP contribution in [0.3, 0.4) is 0 Å². The number of carbonyl (C=O) groups is 1. The van der Waals surface area contributed by atoms with E-state index >= 15 is 0 Å². The molecule has 1 fully saturated rings. The van der Waals surface area contributed by atoms with Crippen LogP contribution in [-0.2, 0) is 4.79 Å². The van der Waals surface area contributed by atoms with Crippen LogP contribution < -0.4 is 16.4 Å². The van der Waals surface area contributed by atoms with E-state index in [0.29, 0.717) is 13.0 Å². The van der Waals surface area contributed by atoms with E-state index < -0.39 is 0 Å². The maximum atomic E-state index is 11.9. The van der Waals surface area contributed by atoms with Crippen molar-refractivity contribution in [3.63, 3.8) is 0 Å². The van der Waals surface area contributed by atoms with Crippen LogP contribution >= 0.6 is 0 Å². The molecule has 1 heterocycles. The lowest BCUT2D eigenvalue weighted by Gasteiger charge is -2.20. The molecule has 0 radical (unpaired) electrons. The quantitative estimate of drug-likeness (QED) is 0.754. The van der Waals surface area contributed by atoms with Crippen LogP contribution in [0.4, 0.5) is 11.4 Å². The molecule has 0 spiro atoms. The Kier molecular flexibility index (Phi) is 3.07. The first-order chi connectivity index (χ1) is 8.02. The van der Waals surface area contributed by atoms with E-state index in [1.807, 2.05) is 30.9 Å². The molecule has 1 aliphatic heterocycles. The molecule has 4 nitrogen and oxygen atoms in total. The summed E-state index contributed by atoms with van der Waals surface area (Å²) in [7, 11) is 0. The molecule has 17 heavy (non-hydrogen) atoms. The molecule has 0 aliphatic carbocycles. The van der Waals surface area contributed by atoms with Gasteiger partial charge in [-0.1, -0.05) is 0 Å². The highest BCUT2D eigenvalue weighted by Crippen LogP contribution is 2.30. The second-order valence-corrected chi connectivity index (χ2v) is 4.81. The van der Waals surface area contributed by atoms with Gasteiger partial charge in [0, 0.05) is 24.3 Å². The monoisotopic (exact) mass is 233 g/mol. The van der Waals surface area contributed by atoms with Crippen molar-refractivity contribution in [1.82, 2.24) is 0 Å². The van der Waals surface area contributed by atoms with Gasteiger partial charge in [0.1, 0.15) is 0 Å².